The zero-order valence-corrected chi connectivity index (χ0v) is 9.64. The van der Waals surface area contributed by atoms with E-state index in [0.29, 0.717) is 0 Å². The number of hydrogen-bond acceptors (Lipinski definition) is 3. The minimum atomic E-state index is 0.237. The van der Waals surface area contributed by atoms with E-state index >= 15 is 0 Å². The fourth-order valence-electron chi connectivity index (χ4n) is 1.95. The zero-order valence-electron chi connectivity index (χ0n) is 9.64. The first-order valence-electron chi connectivity index (χ1n) is 5.66. The van der Waals surface area contributed by atoms with Crippen molar-refractivity contribution in [3.63, 3.8) is 0 Å². The largest absolute Gasteiger partial charge is 0.299 e. The van der Waals surface area contributed by atoms with Crippen LogP contribution in [0.3, 0.4) is 0 Å². The van der Waals surface area contributed by atoms with E-state index in [9.17, 15) is 0 Å². The molecule has 3 rings (SSSR count). The fraction of sp³-hybridized carbons (Fsp3) is 0. The van der Waals surface area contributed by atoms with Crippen LogP contribution in [0.2, 0.25) is 0 Å². The van der Waals surface area contributed by atoms with Gasteiger partial charge in [-0.2, -0.15) is 0 Å². The van der Waals surface area contributed by atoms with Crippen molar-refractivity contribution in [2.45, 2.75) is 0 Å². The second-order valence-corrected chi connectivity index (χ2v) is 4.18. The standard InChI is InChI=1S/C15H11N3/c16-13-6-5-10(8-14(13)17)12-7-11-3-1-2-4-15(11)18-9-12/h1-9,16-17H. The summed E-state index contributed by atoms with van der Waals surface area (Å²) in [5.74, 6) is 0. The van der Waals surface area contributed by atoms with Crippen molar-refractivity contribution in [1.82, 2.24) is 4.98 Å². The second kappa shape index (κ2) is 4.04. The summed E-state index contributed by atoms with van der Waals surface area (Å²) in [5.41, 5.74) is 3.34. The van der Waals surface area contributed by atoms with Crippen LogP contribution < -0.4 is 0 Å². The van der Waals surface area contributed by atoms with Gasteiger partial charge < -0.3 is 0 Å². The van der Waals surface area contributed by atoms with E-state index in [-0.39, 0.29) is 11.4 Å². The van der Waals surface area contributed by atoms with Crippen LogP contribution in [-0.4, -0.2) is 16.4 Å². The molecule has 0 fully saturated rings. The van der Waals surface area contributed by atoms with Crippen molar-refractivity contribution < 1.29 is 0 Å². The number of nitrogens with one attached hydrogen (secondary N) is 2. The monoisotopic (exact) mass is 233 g/mol. The number of allylic oxidation sites excluding steroid dienone is 4. The van der Waals surface area contributed by atoms with Gasteiger partial charge in [-0.1, -0.05) is 24.3 Å². The Balaban J connectivity index is 2.10. The fourth-order valence-corrected chi connectivity index (χ4v) is 1.95. The summed E-state index contributed by atoms with van der Waals surface area (Å²) in [5, 5.41) is 16.3. The highest BCUT2D eigenvalue weighted by atomic mass is 14.6. The van der Waals surface area contributed by atoms with Crippen molar-refractivity contribution in [3.05, 3.63) is 60.3 Å². The van der Waals surface area contributed by atoms with Gasteiger partial charge in [0.15, 0.2) is 0 Å². The highest BCUT2D eigenvalue weighted by Gasteiger charge is 2.09. The number of fused-ring (bicyclic) bond motifs is 1. The van der Waals surface area contributed by atoms with Crippen LogP contribution in [0.5, 0.6) is 0 Å². The summed E-state index contributed by atoms with van der Waals surface area (Å²) < 4.78 is 0. The van der Waals surface area contributed by atoms with Crippen LogP contribution in [0.25, 0.3) is 16.5 Å². The molecule has 0 saturated heterocycles. The average Bonchev–Trinajstić information content (AvgIpc) is 2.41. The lowest BCUT2D eigenvalue weighted by Crippen LogP contribution is -2.09. The number of nitrogens with zero attached hydrogens (tertiary/aromatic N) is 1. The lowest BCUT2D eigenvalue weighted by Gasteiger charge is -2.09. The quantitative estimate of drug-likeness (QED) is 0.730. The first-order valence-corrected chi connectivity index (χ1v) is 5.66. The normalized spacial score (nSPS) is 15.0. The van der Waals surface area contributed by atoms with E-state index in [4.69, 9.17) is 10.8 Å². The van der Waals surface area contributed by atoms with Gasteiger partial charge in [0.05, 0.1) is 16.9 Å². The Morgan fingerprint density at radius 3 is 2.61 bits per heavy atom. The van der Waals surface area contributed by atoms with Crippen LogP contribution >= 0.6 is 0 Å². The molecular weight excluding hydrogens is 222 g/mol. The highest BCUT2D eigenvalue weighted by Crippen LogP contribution is 2.22. The molecule has 18 heavy (non-hydrogen) atoms. The summed E-state index contributed by atoms with van der Waals surface area (Å²) in [4.78, 5) is 4.40. The molecule has 0 unspecified atom stereocenters. The number of rotatable bonds is 1. The molecule has 1 aliphatic carbocycles. The first kappa shape index (κ1) is 10.6. The molecule has 0 radical (unpaired) electrons. The lowest BCUT2D eigenvalue weighted by molar-refractivity contribution is 1.39. The van der Waals surface area contributed by atoms with Gasteiger partial charge in [0, 0.05) is 17.1 Å². The summed E-state index contributed by atoms with van der Waals surface area (Å²) in [6.45, 7) is 0. The number of pyridine rings is 1. The molecule has 0 atom stereocenters. The molecule has 3 heteroatoms. The van der Waals surface area contributed by atoms with Crippen LogP contribution in [0.15, 0.2) is 54.8 Å². The van der Waals surface area contributed by atoms with Crippen molar-refractivity contribution in [1.29, 1.82) is 10.8 Å². The maximum absolute atomic E-state index is 7.66. The van der Waals surface area contributed by atoms with Gasteiger partial charge >= 0.3 is 0 Å². The summed E-state index contributed by atoms with van der Waals surface area (Å²) in [6, 6.07) is 10.00. The van der Waals surface area contributed by atoms with E-state index in [1.807, 2.05) is 30.3 Å². The van der Waals surface area contributed by atoms with Crippen molar-refractivity contribution in [2.75, 3.05) is 0 Å². The molecule has 2 N–H and O–H groups in total. The van der Waals surface area contributed by atoms with Gasteiger partial charge in [-0.3, -0.25) is 15.8 Å². The van der Waals surface area contributed by atoms with Gasteiger partial charge in [-0.15, -0.1) is 0 Å². The van der Waals surface area contributed by atoms with Crippen molar-refractivity contribution >= 4 is 27.9 Å². The predicted octanol–water partition coefficient (Wildman–Crippen LogP) is 3.23. The average molecular weight is 233 g/mol. The Morgan fingerprint density at radius 1 is 0.944 bits per heavy atom. The number of benzene rings is 1. The molecular formula is C15H11N3. The summed E-state index contributed by atoms with van der Waals surface area (Å²) in [7, 11) is 0. The Morgan fingerprint density at radius 2 is 1.78 bits per heavy atom. The minimum absolute atomic E-state index is 0.237. The third-order valence-electron chi connectivity index (χ3n) is 2.94. The van der Waals surface area contributed by atoms with Crippen LogP contribution in [0, 0.1) is 10.8 Å². The minimum Gasteiger partial charge on any atom is -0.299 e. The Hall–Kier alpha value is -2.55. The van der Waals surface area contributed by atoms with Gasteiger partial charge in [-0.25, -0.2) is 0 Å². The molecule has 0 aliphatic heterocycles. The molecule has 1 aromatic heterocycles. The molecule has 1 aromatic carbocycles. The lowest BCUT2D eigenvalue weighted by atomic mass is 9.98. The molecule has 1 aliphatic rings. The van der Waals surface area contributed by atoms with E-state index in [2.05, 4.69) is 11.1 Å². The zero-order chi connectivity index (χ0) is 12.5. The molecule has 2 aromatic rings. The first-order chi connectivity index (χ1) is 8.74. The SMILES string of the molecule is N=C1C=CC(c2cnc3ccccc3c2)=CC1=N. The van der Waals surface area contributed by atoms with Crippen LogP contribution in [0.1, 0.15) is 5.56 Å². The molecule has 86 valence electrons. The van der Waals surface area contributed by atoms with Crippen molar-refractivity contribution in [2.24, 2.45) is 0 Å². The van der Waals surface area contributed by atoms with Crippen LogP contribution in [0.4, 0.5) is 0 Å². The number of para-hydroxylation sites is 1. The maximum atomic E-state index is 7.66. The second-order valence-electron chi connectivity index (χ2n) is 4.18. The van der Waals surface area contributed by atoms with Gasteiger partial charge in [0.25, 0.3) is 0 Å². The third-order valence-corrected chi connectivity index (χ3v) is 2.94. The van der Waals surface area contributed by atoms with E-state index < -0.39 is 0 Å². The molecule has 0 spiro atoms. The van der Waals surface area contributed by atoms with Gasteiger partial charge in [-0.05, 0) is 29.9 Å². The Labute approximate surface area is 105 Å². The maximum Gasteiger partial charge on any atom is 0.0795 e. The predicted molar refractivity (Wildman–Crippen MR) is 74.3 cm³/mol. The Kier molecular flexibility index (Phi) is 2.38. The Bertz CT molecular complexity index is 723. The smallest absolute Gasteiger partial charge is 0.0795 e. The summed E-state index contributed by atoms with van der Waals surface area (Å²) in [6.07, 6.45) is 7.01. The number of aromatic nitrogens is 1. The van der Waals surface area contributed by atoms with Gasteiger partial charge in [0.1, 0.15) is 0 Å². The topological polar surface area (TPSA) is 60.6 Å². The van der Waals surface area contributed by atoms with E-state index in [1.54, 1.807) is 18.3 Å². The molecule has 0 bridgehead atoms. The van der Waals surface area contributed by atoms with Gasteiger partial charge in [0.2, 0.25) is 0 Å². The molecule has 3 nitrogen and oxygen atoms in total. The summed E-state index contributed by atoms with van der Waals surface area (Å²) >= 11 is 0. The molecule has 0 saturated carbocycles. The van der Waals surface area contributed by atoms with E-state index in [0.717, 1.165) is 22.0 Å². The third kappa shape index (κ3) is 1.76. The van der Waals surface area contributed by atoms with Crippen molar-refractivity contribution in [3.8, 4) is 0 Å². The molecule has 0 amide bonds. The molecule has 1 heterocycles. The van der Waals surface area contributed by atoms with Crippen LogP contribution in [-0.2, 0) is 0 Å². The van der Waals surface area contributed by atoms with E-state index in [1.165, 1.54) is 0 Å². The number of hydrogen-bond donors (Lipinski definition) is 2. The highest BCUT2D eigenvalue weighted by molar-refractivity contribution is 6.50.